The smallest absolute Gasteiger partial charge is 0.256 e. The van der Waals surface area contributed by atoms with Gasteiger partial charge in [-0.3, -0.25) is 18.7 Å². The summed E-state index contributed by atoms with van der Waals surface area (Å²) in [6.07, 6.45) is 5.41. The summed E-state index contributed by atoms with van der Waals surface area (Å²) >= 11 is 0. The van der Waals surface area contributed by atoms with Crippen molar-refractivity contribution in [3.63, 3.8) is 0 Å². The maximum Gasteiger partial charge on any atom is 0.256 e. The summed E-state index contributed by atoms with van der Waals surface area (Å²) in [5.74, 6) is 0.497. The van der Waals surface area contributed by atoms with Crippen molar-refractivity contribution in [3.8, 4) is 0 Å². The highest BCUT2D eigenvalue weighted by atomic mass is 16.1. The Labute approximate surface area is 153 Å². The van der Waals surface area contributed by atoms with Crippen molar-refractivity contribution in [1.82, 2.24) is 24.0 Å². The number of nitrogens with zero attached hydrogens (tertiary/aromatic N) is 5. The lowest BCUT2D eigenvalue weighted by Gasteiger charge is -2.32. The van der Waals surface area contributed by atoms with Crippen molar-refractivity contribution in [2.24, 2.45) is 5.92 Å². The molecular formula is C19H27N5O2. The lowest BCUT2D eigenvalue weighted by molar-refractivity contribution is 0.167. The molecule has 7 nitrogen and oxygen atoms in total. The first-order valence-electron chi connectivity index (χ1n) is 9.22. The van der Waals surface area contributed by atoms with E-state index < -0.39 is 0 Å². The first-order chi connectivity index (χ1) is 12.4. The van der Waals surface area contributed by atoms with Crippen molar-refractivity contribution in [2.75, 3.05) is 19.6 Å². The Balaban J connectivity index is 1.51. The Hall–Kier alpha value is -2.28. The molecular weight excluding hydrogens is 330 g/mol. The van der Waals surface area contributed by atoms with Crippen LogP contribution in [0.1, 0.15) is 29.8 Å². The van der Waals surface area contributed by atoms with E-state index in [9.17, 15) is 9.59 Å². The summed E-state index contributed by atoms with van der Waals surface area (Å²) in [5.41, 5.74) is 2.38. The van der Waals surface area contributed by atoms with Crippen LogP contribution in [0, 0.1) is 26.7 Å². The second kappa shape index (κ2) is 7.95. The van der Waals surface area contributed by atoms with Crippen LogP contribution >= 0.6 is 0 Å². The van der Waals surface area contributed by atoms with Crippen molar-refractivity contribution in [3.05, 3.63) is 56.4 Å². The quantitative estimate of drug-likeness (QED) is 0.802. The first-order valence-corrected chi connectivity index (χ1v) is 9.22. The van der Waals surface area contributed by atoms with Gasteiger partial charge < -0.3 is 4.90 Å². The molecule has 26 heavy (non-hydrogen) atoms. The molecule has 0 aliphatic carbocycles. The minimum atomic E-state index is 0.00834. The third-order valence-corrected chi connectivity index (χ3v) is 5.35. The number of piperidine rings is 1. The second-order valence-electron chi connectivity index (χ2n) is 7.26. The van der Waals surface area contributed by atoms with Gasteiger partial charge in [0, 0.05) is 42.7 Å². The molecule has 0 amide bonds. The summed E-state index contributed by atoms with van der Waals surface area (Å²) in [4.78, 5) is 35.1. The predicted octanol–water partition coefficient (Wildman–Crippen LogP) is 1.14. The summed E-state index contributed by atoms with van der Waals surface area (Å²) in [7, 11) is 0. The van der Waals surface area contributed by atoms with Gasteiger partial charge in [-0.05, 0) is 52.6 Å². The number of hydrogen-bond acceptors (Lipinski definition) is 5. The van der Waals surface area contributed by atoms with Gasteiger partial charge in [0.25, 0.3) is 11.1 Å². The normalized spacial score (nSPS) is 16.1. The van der Waals surface area contributed by atoms with E-state index in [2.05, 4.69) is 14.9 Å². The zero-order valence-corrected chi connectivity index (χ0v) is 15.8. The highest BCUT2D eigenvalue weighted by molar-refractivity contribution is 5.12. The van der Waals surface area contributed by atoms with Gasteiger partial charge in [0.2, 0.25) is 0 Å². The Morgan fingerprint density at radius 1 is 1.00 bits per heavy atom. The SMILES string of the molecule is Cc1cc(=O)n(CCN2CCC(Cn3cnc(C)c(C)c3=O)CC2)cn1. The molecule has 0 saturated carbocycles. The van der Waals surface area contributed by atoms with Gasteiger partial charge in [0.15, 0.2) is 0 Å². The minimum absolute atomic E-state index is 0.00834. The molecule has 2 aromatic heterocycles. The third-order valence-electron chi connectivity index (χ3n) is 5.35. The standard InChI is InChI=1S/C19H27N5O2/c1-14-10-18(25)23(12-20-14)9-8-22-6-4-17(5-7-22)11-24-13-21-16(3)15(2)19(24)26/h10,12-13,17H,4-9,11H2,1-3H3. The van der Waals surface area contributed by atoms with E-state index in [4.69, 9.17) is 0 Å². The fraction of sp³-hybridized carbons (Fsp3) is 0.579. The van der Waals surface area contributed by atoms with Crippen LogP contribution in [-0.4, -0.2) is 43.6 Å². The van der Waals surface area contributed by atoms with E-state index in [0.717, 1.165) is 56.0 Å². The molecule has 1 fully saturated rings. The second-order valence-corrected chi connectivity index (χ2v) is 7.26. The number of rotatable bonds is 5. The summed E-state index contributed by atoms with van der Waals surface area (Å²) < 4.78 is 3.42. The largest absolute Gasteiger partial charge is 0.302 e. The zero-order chi connectivity index (χ0) is 18.7. The van der Waals surface area contributed by atoms with Gasteiger partial charge in [-0.15, -0.1) is 0 Å². The Morgan fingerprint density at radius 2 is 1.69 bits per heavy atom. The molecule has 0 N–H and O–H groups in total. The molecule has 7 heteroatoms. The van der Waals surface area contributed by atoms with Crippen molar-refractivity contribution < 1.29 is 0 Å². The fourth-order valence-electron chi connectivity index (χ4n) is 3.41. The van der Waals surface area contributed by atoms with E-state index in [1.165, 1.54) is 0 Å². The third kappa shape index (κ3) is 4.27. The van der Waals surface area contributed by atoms with Gasteiger partial charge >= 0.3 is 0 Å². The van der Waals surface area contributed by atoms with Gasteiger partial charge in [-0.2, -0.15) is 0 Å². The molecule has 140 valence electrons. The molecule has 0 bridgehead atoms. The van der Waals surface area contributed by atoms with Crippen LogP contribution in [0.15, 0.2) is 28.3 Å². The minimum Gasteiger partial charge on any atom is -0.302 e. The molecule has 2 aromatic rings. The molecule has 1 aliphatic rings. The van der Waals surface area contributed by atoms with E-state index >= 15 is 0 Å². The van der Waals surface area contributed by atoms with Crippen LogP contribution in [0.2, 0.25) is 0 Å². The number of hydrogen-bond donors (Lipinski definition) is 0. The molecule has 1 saturated heterocycles. The fourth-order valence-corrected chi connectivity index (χ4v) is 3.41. The van der Waals surface area contributed by atoms with E-state index in [1.54, 1.807) is 27.9 Å². The highest BCUT2D eigenvalue weighted by Crippen LogP contribution is 2.18. The molecule has 0 unspecified atom stereocenters. The van der Waals surface area contributed by atoms with Gasteiger partial charge in [0.05, 0.1) is 12.7 Å². The maximum atomic E-state index is 12.3. The predicted molar refractivity (Wildman–Crippen MR) is 100 cm³/mol. The van der Waals surface area contributed by atoms with Crippen LogP contribution in [0.25, 0.3) is 0 Å². The lowest BCUT2D eigenvalue weighted by atomic mass is 9.96. The lowest BCUT2D eigenvalue weighted by Crippen LogP contribution is -2.39. The zero-order valence-electron chi connectivity index (χ0n) is 15.8. The Morgan fingerprint density at radius 3 is 2.38 bits per heavy atom. The van der Waals surface area contributed by atoms with Crippen LogP contribution in [0.3, 0.4) is 0 Å². The van der Waals surface area contributed by atoms with Gasteiger partial charge in [-0.25, -0.2) is 9.97 Å². The van der Waals surface area contributed by atoms with Gasteiger partial charge in [-0.1, -0.05) is 0 Å². The van der Waals surface area contributed by atoms with Crippen LogP contribution < -0.4 is 11.1 Å². The van der Waals surface area contributed by atoms with Crippen molar-refractivity contribution >= 4 is 0 Å². The van der Waals surface area contributed by atoms with Gasteiger partial charge in [0.1, 0.15) is 0 Å². The van der Waals surface area contributed by atoms with Crippen molar-refractivity contribution in [1.29, 1.82) is 0 Å². The maximum absolute atomic E-state index is 12.3. The number of aryl methyl sites for hydroxylation is 2. The first kappa shape index (κ1) is 18.5. The van der Waals surface area contributed by atoms with Crippen LogP contribution in [-0.2, 0) is 13.1 Å². The average Bonchev–Trinajstić information content (AvgIpc) is 2.63. The number of likely N-dealkylation sites (tertiary alicyclic amines) is 1. The monoisotopic (exact) mass is 357 g/mol. The summed E-state index contributed by atoms with van der Waals surface area (Å²) in [6.45, 7) is 9.77. The molecule has 3 rings (SSSR count). The average molecular weight is 357 g/mol. The highest BCUT2D eigenvalue weighted by Gasteiger charge is 2.20. The molecule has 0 spiro atoms. The Bertz CT molecular complexity index is 878. The van der Waals surface area contributed by atoms with Crippen LogP contribution in [0.4, 0.5) is 0 Å². The van der Waals surface area contributed by atoms with Crippen molar-refractivity contribution in [2.45, 2.75) is 46.7 Å². The van der Waals surface area contributed by atoms with E-state index in [-0.39, 0.29) is 11.1 Å². The Kier molecular flexibility index (Phi) is 5.66. The van der Waals surface area contributed by atoms with E-state index in [1.807, 2.05) is 20.8 Å². The topological polar surface area (TPSA) is 73.0 Å². The van der Waals surface area contributed by atoms with Crippen LogP contribution in [0.5, 0.6) is 0 Å². The molecule has 0 radical (unpaired) electrons. The summed E-state index contributed by atoms with van der Waals surface area (Å²) in [5, 5.41) is 0. The molecule has 0 atom stereocenters. The summed E-state index contributed by atoms with van der Waals surface area (Å²) in [6, 6.07) is 1.57. The molecule has 0 aromatic carbocycles. The molecule has 1 aliphatic heterocycles. The number of aromatic nitrogens is 4. The van der Waals surface area contributed by atoms with E-state index in [0.29, 0.717) is 12.5 Å². The molecule has 3 heterocycles.